The number of nitrogens with zero attached hydrogens (tertiary/aromatic N) is 1. The Hall–Kier alpha value is -0.610. The maximum absolute atomic E-state index is 11.3. The van der Waals surface area contributed by atoms with Gasteiger partial charge in [0.25, 0.3) is 5.91 Å². The summed E-state index contributed by atoms with van der Waals surface area (Å²) >= 11 is 0. The summed E-state index contributed by atoms with van der Waals surface area (Å²) in [5.74, 6) is 6.74. The van der Waals surface area contributed by atoms with Crippen LogP contribution in [0.5, 0.6) is 0 Å². The highest BCUT2D eigenvalue weighted by Crippen LogP contribution is 2.38. The predicted octanol–water partition coefficient (Wildman–Crippen LogP) is 0.0967. The molecule has 0 aromatic carbocycles. The molecule has 4 heteroatoms. The van der Waals surface area contributed by atoms with E-state index in [0.717, 1.165) is 24.9 Å². The van der Waals surface area contributed by atoms with Crippen molar-refractivity contribution in [1.29, 1.82) is 0 Å². The van der Waals surface area contributed by atoms with Gasteiger partial charge in [-0.1, -0.05) is 6.42 Å². The molecule has 0 spiro atoms. The number of hydrogen-bond acceptors (Lipinski definition) is 3. The molecule has 1 aliphatic heterocycles. The lowest BCUT2D eigenvalue weighted by Crippen LogP contribution is -2.46. The minimum Gasteiger partial charge on any atom is -0.293 e. The van der Waals surface area contributed by atoms with Crippen molar-refractivity contribution in [2.24, 2.45) is 17.7 Å². The van der Waals surface area contributed by atoms with Crippen LogP contribution in [0.3, 0.4) is 0 Å². The summed E-state index contributed by atoms with van der Waals surface area (Å²) in [6, 6.07) is -0.0643. The number of carbonyl (C=O) groups is 1. The Morgan fingerprint density at radius 3 is 2.50 bits per heavy atom. The molecule has 3 atom stereocenters. The predicted molar refractivity (Wildman–Crippen MR) is 54.2 cm³/mol. The van der Waals surface area contributed by atoms with E-state index >= 15 is 0 Å². The maximum atomic E-state index is 11.3. The molecule has 1 saturated heterocycles. The summed E-state index contributed by atoms with van der Waals surface area (Å²) in [7, 11) is 0. The first-order valence-electron chi connectivity index (χ1n) is 5.47. The zero-order valence-corrected chi connectivity index (χ0v) is 8.70. The van der Waals surface area contributed by atoms with Crippen LogP contribution in [0.25, 0.3) is 0 Å². The largest absolute Gasteiger partial charge is 0.293 e. The van der Waals surface area contributed by atoms with Gasteiger partial charge in [-0.15, -0.1) is 0 Å². The zero-order chi connectivity index (χ0) is 10.1. The Kier molecular flexibility index (Phi) is 2.74. The second-order valence-electron chi connectivity index (χ2n) is 4.59. The first kappa shape index (κ1) is 9.93. The maximum Gasteiger partial charge on any atom is 0.250 e. The van der Waals surface area contributed by atoms with Gasteiger partial charge in [0.2, 0.25) is 0 Å². The van der Waals surface area contributed by atoms with E-state index in [-0.39, 0.29) is 11.9 Å². The van der Waals surface area contributed by atoms with Gasteiger partial charge in [-0.25, -0.2) is 5.84 Å². The summed E-state index contributed by atoms with van der Waals surface area (Å²) in [5.41, 5.74) is 2.23. The number of likely N-dealkylation sites (tertiary alicyclic amines) is 1. The van der Waals surface area contributed by atoms with Crippen LogP contribution in [0.2, 0.25) is 0 Å². The molecule has 0 radical (unpaired) electrons. The molecule has 80 valence electrons. The smallest absolute Gasteiger partial charge is 0.250 e. The fourth-order valence-electron chi connectivity index (χ4n) is 2.87. The summed E-state index contributed by atoms with van der Waals surface area (Å²) in [6.07, 6.45) is 4.07. The van der Waals surface area contributed by atoms with Crippen molar-refractivity contribution in [2.75, 3.05) is 13.1 Å². The molecule has 1 heterocycles. The molecule has 2 rings (SSSR count). The Bertz CT molecular complexity index is 219. The zero-order valence-electron chi connectivity index (χ0n) is 8.70. The van der Waals surface area contributed by atoms with Gasteiger partial charge in [-0.3, -0.25) is 15.1 Å². The van der Waals surface area contributed by atoms with Crippen molar-refractivity contribution in [2.45, 2.75) is 32.2 Å². The summed E-state index contributed by atoms with van der Waals surface area (Å²) in [5, 5.41) is 0. The highest BCUT2D eigenvalue weighted by atomic mass is 16.2. The average Bonchev–Trinajstić information content (AvgIpc) is 2.74. The fourth-order valence-corrected chi connectivity index (χ4v) is 2.87. The van der Waals surface area contributed by atoms with Gasteiger partial charge in [0.1, 0.15) is 0 Å². The van der Waals surface area contributed by atoms with Crippen molar-refractivity contribution in [3.05, 3.63) is 0 Å². The molecule has 1 amide bonds. The molecule has 0 bridgehead atoms. The SMILES string of the molecule is CC(C(=O)NN)N1CC2CCCC2C1. The van der Waals surface area contributed by atoms with E-state index in [2.05, 4.69) is 10.3 Å². The van der Waals surface area contributed by atoms with Crippen molar-refractivity contribution >= 4 is 5.91 Å². The van der Waals surface area contributed by atoms with E-state index in [1.165, 1.54) is 19.3 Å². The van der Waals surface area contributed by atoms with Gasteiger partial charge < -0.3 is 0 Å². The molecule has 4 nitrogen and oxygen atoms in total. The van der Waals surface area contributed by atoms with E-state index in [1.807, 2.05) is 6.92 Å². The van der Waals surface area contributed by atoms with Gasteiger partial charge in [0.05, 0.1) is 6.04 Å². The van der Waals surface area contributed by atoms with Crippen molar-refractivity contribution in [1.82, 2.24) is 10.3 Å². The number of hydrogen-bond donors (Lipinski definition) is 2. The monoisotopic (exact) mass is 197 g/mol. The molecule has 2 aliphatic rings. The van der Waals surface area contributed by atoms with Crippen LogP contribution in [0, 0.1) is 11.8 Å². The standard InChI is InChI=1S/C10H19N3O/c1-7(10(14)12-11)13-5-8-3-2-4-9(8)6-13/h7-9H,2-6,11H2,1H3,(H,12,14). The number of nitrogens with two attached hydrogens (primary N) is 1. The van der Waals surface area contributed by atoms with Gasteiger partial charge in [-0.05, 0) is 31.6 Å². The summed E-state index contributed by atoms with van der Waals surface area (Å²) in [4.78, 5) is 13.6. The topological polar surface area (TPSA) is 58.4 Å². The first-order valence-corrected chi connectivity index (χ1v) is 5.47. The number of carbonyl (C=O) groups excluding carboxylic acids is 1. The highest BCUT2D eigenvalue weighted by Gasteiger charge is 2.38. The van der Waals surface area contributed by atoms with E-state index in [9.17, 15) is 4.79 Å². The molecule has 3 N–H and O–H groups in total. The lowest BCUT2D eigenvalue weighted by Gasteiger charge is -2.23. The van der Waals surface area contributed by atoms with Crippen LogP contribution < -0.4 is 11.3 Å². The van der Waals surface area contributed by atoms with Crippen LogP contribution in [-0.2, 0) is 4.79 Å². The van der Waals surface area contributed by atoms with Gasteiger partial charge >= 0.3 is 0 Å². The number of fused-ring (bicyclic) bond motifs is 1. The fraction of sp³-hybridized carbons (Fsp3) is 0.900. The van der Waals surface area contributed by atoms with Crippen molar-refractivity contribution < 1.29 is 4.79 Å². The minimum atomic E-state index is -0.0648. The van der Waals surface area contributed by atoms with E-state index in [0.29, 0.717) is 0 Å². The average molecular weight is 197 g/mol. The van der Waals surface area contributed by atoms with Crippen LogP contribution >= 0.6 is 0 Å². The van der Waals surface area contributed by atoms with Crippen molar-refractivity contribution in [3.63, 3.8) is 0 Å². The third-order valence-corrected chi connectivity index (χ3v) is 3.82. The van der Waals surface area contributed by atoms with E-state index in [1.54, 1.807) is 0 Å². The third kappa shape index (κ3) is 1.64. The Morgan fingerprint density at radius 2 is 2.00 bits per heavy atom. The number of hydrazine groups is 1. The van der Waals surface area contributed by atoms with E-state index < -0.39 is 0 Å². The lowest BCUT2D eigenvalue weighted by atomic mass is 10.0. The van der Waals surface area contributed by atoms with Crippen LogP contribution in [0.15, 0.2) is 0 Å². The number of rotatable bonds is 2. The lowest BCUT2D eigenvalue weighted by molar-refractivity contribution is -0.125. The quantitative estimate of drug-likeness (QED) is 0.375. The highest BCUT2D eigenvalue weighted by molar-refractivity contribution is 5.80. The van der Waals surface area contributed by atoms with Crippen LogP contribution in [0.4, 0.5) is 0 Å². The first-order chi connectivity index (χ1) is 6.72. The third-order valence-electron chi connectivity index (χ3n) is 3.82. The van der Waals surface area contributed by atoms with Crippen LogP contribution in [-0.4, -0.2) is 29.9 Å². The molecule has 1 saturated carbocycles. The molecule has 1 aliphatic carbocycles. The Morgan fingerprint density at radius 1 is 1.43 bits per heavy atom. The normalized spacial score (nSPS) is 34.1. The second kappa shape index (κ2) is 3.87. The summed E-state index contributed by atoms with van der Waals surface area (Å²) in [6.45, 7) is 4.10. The molecule has 0 aromatic heterocycles. The molecular formula is C10H19N3O. The second-order valence-corrected chi connectivity index (χ2v) is 4.59. The van der Waals surface area contributed by atoms with Crippen molar-refractivity contribution in [3.8, 4) is 0 Å². The van der Waals surface area contributed by atoms with Crippen LogP contribution in [0.1, 0.15) is 26.2 Å². The molecular weight excluding hydrogens is 178 g/mol. The molecule has 14 heavy (non-hydrogen) atoms. The number of amides is 1. The molecule has 2 fully saturated rings. The Labute approximate surface area is 84.8 Å². The molecule has 3 unspecified atom stereocenters. The van der Waals surface area contributed by atoms with Gasteiger partial charge in [-0.2, -0.15) is 0 Å². The molecule has 0 aromatic rings. The Balaban J connectivity index is 1.92. The minimum absolute atomic E-state index is 0.0643. The van der Waals surface area contributed by atoms with E-state index in [4.69, 9.17) is 5.84 Å². The summed E-state index contributed by atoms with van der Waals surface area (Å²) < 4.78 is 0. The van der Waals surface area contributed by atoms with Gasteiger partial charge in [0, 0.05) is 13.1 Å². The van der Waals surface area contributed by atoms with Gasteiger partial charge in [0.15, 0.2) is 0 Å². The number of nitrogens with one attached hydrogen (secondary N) is 1.